The van der Waals surface area contributed by atoms with Crippen molar-refractivity contribution in [1.29, 1.82) is 0 Å². The zero-order valence-corrected chi connectivity index (χ0v) is 13.1. The Kier molecular flexibility index (Phi) is 2.41. The van der Waals surface area contributed by atoms with Gasteiger partial charge in [-0.1, -0.05) is 25.1 Å². The predicted octanol–water partition coefficient (Wildman–Crippen LogP) is 4.20. The Hall–Kier alpha value is -1.02. The molecule has 1 N–H and O–H groups in total. The standard InChI is InChI=1S/C19H26N2/c1-2-18-10-5-12-21-13-9-14-15-6-3-4-7-17(15)20-19(18,21)16(14)8-11-18/h3-4,6-7,14,16,20H,2,5,8-13H2,1H3/t14-,16+,18-,19+/m0/s1. The number of rotatable bonds is 1. The number of piperidine rings is 2. The van der Waals surface area contributed by atoms with Gasteiger partial charge in [-0.2, -0.15) is 0 Å². The van der Waals surface area contributed by atoms with Gasteiger partial charge in [0.2, 0.25) is 0 Å². The Labute approximate surface area is 127 Å². The van der Waals surface area contributed by atoms with Gasteiger partial charge in [-0.25, -0.2) is 0 Å². The molecule has 1 aromatic rings. The first-order valence-electron chi connectivity index (χ1n) is 8.93. The van der Waals surface area contributed by atoms with Gasteiger partial charge in [0.1, 0.15) is 0 Å². The molecule has 3 heterocycles. The minimum absolute atomic E-state index is 0.275. The Balaban J connectivity index is 1.74. The molecule has 3 aliphatic heterocycles. The lowest BCUT2D eigenvalue weighted by molar-refractivity contribution is -0.0921. The third-order valence-electron chi connectivity index (χ3n) is 7.42. The zero-order chi connectivity index (χ0) is 14.1. The van der Waals surface area contributed by atoms with Crippen LogP contribution in [0.2, 0.25) is 0 Å². The van der Waals surface area contributed by atoms with Crippen molar-refractivity contribution in [2.45, 2.75) is 57.0 Å². The maximum absolute atomic E-state index is 4.12. The van der Waals surface area contributed by atoms with E-state index in [9.17, 15) is 0 Å². The van der Waals surface area contributed by atoms with E-state index in [1.807, 2.05) is 0 Å². The summed E-state index contributed by atoms with van der Waals surface area (Å²) in [5.74, 6) is 1.63. The summed E-state index contributed by atoms with van der Waals surface area (Å²) in [5.41, 5.74) is 3.83. The lowest BCUT2D eigenvalue weighted by Gasteiger charge is -2.64. The topological polar surface area (TPSA) is 15.3 Å². The van der Waals surface area contributed by atoms with Crippen molar-refractivity contribution in [2.24, 2.45) is 11.3 Å². The fraction of sp³-hybridized carbons (Fsp3) is 0.684. The number of nitrogens with one attached hydrogen (secondary N) is 1. The van der Waals surface area contributed by atoms with E-state index in [1.54, 1.807) is 5.56 Å². The van der Waals surface area contributed by atoms with Gasteiger partial charge in [0, 0.05) is 30.1 Å². The van der Waals surface area contributed by atoms with Crippen LogP contribution in [0.1, 0.15) is 56.9 Å². The van der Waals surface area contributed by atoms with Crippen molar-refractivity contribution in [3.8, 4) is 0 Å². The molecule has 2 heteroatoms. The van der Waals surface area contributed by atoms with Gasteiger partial charge in [-0.05, 0) is 56.1 Å². The summed E-state index contributed by atoms with van der Waals surface area (Å²) >= 11 is 0. The Morgan fingerprint density at radius 1 is 1.19 bits per heavy atom. The molecule has 2 nitrogen and oxygen atoms in total. The second kappa shape index (κ2) is 4.04. The zero-order valence-electron chi connectivity index (χ0n) is 13.1. The molecule has 2 bridgehead atoms. The lowest BCUT2D eigenvalue weighted by Crippen LogP contribution is -2.72. The minimum atomic E-state index is 0.275. The average molecular weight is 282 g/mol. The van der Waals surface area contributed by atoms with Gasteiger partial charge in [0.25, 0.3) is 0 Å². The molecule has 2 saturated heterocycles. The summed E-state index contributed by atoms with van der Waals surface area (Å²) < 4.78 is 0. The smallest absolute Gasteiger partial charge is 0.0999 e. The van der Waals surface area contributed by atoms with Crippen molar-refractivity contribution in [3.63, 3.8) is 0 Å². The molecule has 5 rings (SSSR count). The Morgan fingerprint density at radius 3 is 3.00 bits per heavy atom. The molecular weight excluding hydrogens is 256 g/mol. The van der Waals surface area contributed by atoms with Crippen LogP contribution in [0.25, 0.3) is 0 Å². The van der Waals surface area contributed by atoms with Crippen LogP contribution in [-0.2, 0) is 0 Å². The van der Waals surface area contributed by atoms with Crippen LogP contribution in [0, 0.1) is 11.3 Å². The molecule has 112 valence electrons. The highest BCUT2D eigenvalue weighted by Gasteiger charge is 2.67. The first kappa shape index (κ1) is 12.5. The number of hydrogen-bond donors (Lipinski definition) is 1. The summed E-state index contributed by atoms with van der Waals surface area (Å²) in [6.07, 6.45) is 8.39. The van der Waals surface area contributed by atoms with Gasteiger partial charge >= 0.3 is 0 Å². The van der Waals surface area contributed by atoms with E-state index in [2.05, 4.69) is 41.4 Å². The number of nitrogens with zero attached hydrogens (tertiary/aromatic N) is 1. The SMILES string of the molecule is CC[C@@]12CCCN3CC[C@H]4c5ccccc5N[C@]31[C@@H]4CC2. The van der Waals surface area contributed by atoms with E-state index >= 15 is 0 Å². The normalized spacial score (nSPS) is 43.9. The van der Waals surface area contributed by atoms with Crippen molar-refractivity contribution in [1.82, 2.24) is 4.90 Å². The highest BCUT2D eigenvalue weighted by atomic mass is 15.4. The van der Waals surface area contributed by atoms with E-state index in [-0.39, 0.29) is 5.66 Å². The van der Waals surface area contributed by atoms with Crippen molar-refractivity contribution < 1.29 is 0 Å². The van der Waals surface area contributed by atoms with Crippen LogP contribution in [0.4, 0.5) is 5.69 Å². The van der Waals surface area contributed by atoms with Gasteiger partial charge in [0.05, 0.1) is 5.66 Å². The molecule has 21 heavy (non-hydrogen) atoms. The van der Waals surface area contributed by atoms with Gasteiger partial charge in [-0.15, -0.1) is 0 Å². The van der Waals surface area contributed by atoms with Crippen LogP contribution in [0.3, 0.4) is 0 Å². The molecule has 1 aliphatic carbocycles. The van der Waals surface area contributed by atoms with Crippen LogP contribution in [0.15, 0.2) is 24.3 Å². The first-order chi connectivity index (χ1) is 10.3. The second-order valence-corrected chi connectivity index (χ2v) is 7.74. The fourth-order valence-electron chi connectivity index (χ4n) is 6.61. The van der Waals surface area contributed by atoms with Gasteiger partial charge < -0.3 is 5.32 Å². The molecule has 0 radical (unpaired) electrons. The number of anilines is 1. The van der Waals surface area contributed by atoms with Crippen molar-refractivity contribution in [3.05, 3.63) is 29.8 Å². The monoisotopic (exact) mass is 282 g/mol. The summed E-state index contributed by atoms with van der Waals surface area (Å²) in [5, 5.41) is 4.12. The van der Waals surface area contributed by atoms with Crippen LogP contribution < -0.4 is 5.32 Å². The number of benzene rings is 1. The lowest BCUT2D eigenvalue weighted by atomic mass is 9.60. The fourth-order valence-corrected chi connectivity index (χ4v) is 6.61. The van der Waals surface area contributed by atoms with E-state index in [0.29, 0.717) is 5.41 Å². The van der Waals surface area contributed by atoms with Crippen LogP contribution in [0.5, 0.6) is 0 Å². The summed E-state index contributed by atoms with van der Waals surface area (Å²) in [6, 6.07) is 9.14. The van der Waals surface area contributed by atoms with E-state index < -0.39 is 0 Å². The summed E-state index contributed by atoms with van der Waals surface area (Å²) in [4.78, 5) is 2.85. The van der Waals surface area contributed by atoms with E-state index in [1.165, 1.54) is 57.3 Å². The first-order valence-corrected chi connectivity index (χ1v) is 8.93. The molecular formula is C19H26N2. The predicted molar refractivity (Wildman–Crippen MR) is 86.4 cm³/mol. The van der Waals surface area contributed by atoms with E-state index in [4.69, 9.17) is 0 Å². The van der Waals surface area contributed by atoms with Crippen molar-refractivity contribution in [2.75, 3.05) is 18.4 Å². The highest BCUT2D eigenvalue weighted by Crippen LogP contribution is 2.67. The largest absolute Gasteiger partial charge is 0.366 e. The maximum atomic E-state index is 4.12. The number of hydrogen-bond acceptors (Lipinski definition) is 2. The minimum Gasteiger partial charge on any atom is -0.366 e. The third-order valence-corrected chi connectivity index (χ3v) is 7.42. The maximum Gasteiger partial charge on any atom is 0.0999 e. The molecule has 3 fully saturated rings. The quantitative estimate of drug-likeness (QED) is 0.830. The molecule has 0 amide bonds. The van der Waals surface area contributed by atoms with Gasteiger partial charge in [0.15, 0.2) is 0 Å². The Morgan fingerprint density at radius 2 is 2.10 bits per heavy atom. The van der Waals surface area contributed by atoms with Crippen LogP contribution >= 0.6 is 0 Å². The average Bonchev–Trinajstić information content (AvgIpc) is 2.86. The molecule has 4 aliphatic rings. The Bertz CT molecular complexity index is 583. The third kappa shape index (κ3) is 1.30. The van der Waals surface area contributed by atoms with Gasteiger partial charge in [-0.3, -0.25) is 4.90 Å². The van der Waals surface area contributed by atoms with E-state index in [0.717, 1.165) is 11.8 Å². The summed E-state index contributed by atoms with van der Waals surface area (Å²) in [7, 11) is 0. The molecule has 1 aromatic carbocycles. The highest BCUT2D eigenvalue weighted by molar-refractivity contribution is 5.60. The summed E-state index contributed by atoms with van der Waals surface area (Å²) in [6.45, 7) is 5.04. The second-order valence-electron chi connectivity index (χ2n) is 7.74. The molecule has 1 saturated carbocycles. The van der Waals surface area contributed by atoms with Crippen LogP contribution in [-0.4, -0.2) is 23.7 Å². The molecule has 1 spiro atoms. The number of para-hydroxylation sites is 1. The van der Waals surface area contributed by atoms with Crippen molar-refractivity contribution >= 4 is 5.69 Å². The molecule has 0 aromatic heterocycles. The number of fused-ring (bicyclic) bond motifs is 2. The molecule has 0 unspecified atom stereocenters. The molecule has 4 atom stereocenters.